The Hall–Kier alpha value is -0.740. The number of rotatable bonds is 2. The molecule has 0 bridgehead atoms. The molecule has 1 aliphatic heterocycles. The van der Waals surface area contributed by atoms with Crippen molar-refractivity contribution in [3.8, 4) is 0 Å². The average Bonchev–Trinajstić information content (AvgIpc) is 2.68. The summed E-state index contributed by atoms with van der Waals surface area (Å²) < 4.78 is 4.76. The molecule has 1 aromatic heterocycles. The van der Waals surface area contributed by atoms with Crippen LogP contribution < -0.4 is 11.2 Å². The molecule has 2 heterocycles. The minimum Gasteiger partial charge on any atom is -0.383 e. The van der Waals surface area contributed by atoms with Crippen LogP contribution in [0.2, 0.25) is 0 Å². The molecule has 0 amide bonds. The zero-order chi connectivity index (χ0) is 11.9. The van der Waals surface area contributed by atoms with Gasteiger partial charge in [-0.2, -0.15) is 0 Å². The Bertz CT molecular complexity index is 419. The summed E-state index contributed by atoms with van der Waals surface area (Å²) in [6, 6.07) is 0. The van der Waals surface area contributed by atoms with Gasteiger partial charge in [0.05, 0.1) is 5.25 Å². The highest BCUT2D eigenvalue weighted by Gasteiger charge is 2.43. The van der Waals surface area contributed by atoms with Crippen LogP contribution in [0.5, 0.6) is 0 Å². The van der Waals surface area contributed by atoms with Crippen LogP contribution in [0.25, 0.3) is 0 Å². The molecule has 1 atom stereocenters. The molecule has 5 N–H and O–H groups in total. The lowest BCUT2D eigenvalue weighted by Crippen LogP contribution is -2.41. The fraction of sp³-hybridized carbons (Fsp3) is 0.571. The molecule has 0 saturated carbocycles. The van der Waals surface area contributed by atoms with Crippen molar-refractivity contribution in [2.45, 2.75) is 24.6 Å². The Labute approximate surface area is 101 Å². The molecule has 16 heavy (non-hydrogen) atoms. The van der Waals surface area contributed by atoms with Gasteiger partial charge in [-0.3, -0.25) is 10.6 Å². The topological polar surface area (TPSA) is 111 Å². The largest absolute Gasteiger partial charge is 0.383 e. The number of aromatic nitrogens is 2. The van der Waals surface area contributed by atoms with Crippen molar-refractivity contribution in [3.05, 3.63) is 10.6 Å². The van der Waals surface area contributed by atoms with Gasteiger partial charge in [-0.05, 0) is 37.3 Å². The Morgan fingerprint density at radius 1 is 1.69 bits per heavy atom. The van der Waals surface area contributed by atoms with E-state index in [0.29, 0.717) is 10.6 Å². The van der Waals surface area contributed by atoms with Gasteiger partial charge in [0.15, 0.2) is 0 Å². The smallest absolute Gasteiger partial charge is 0.136 e. The molecule has 0 radical (unpaired) electrons. The molecular weight excluding hydrogens is 248 g/mol. The lowest BCUT2D eigenvalue weighted by Gasteiger charge is -2.22. The first-order valence-corrected chi connectivity index (χ1v) is 6.13. The molecule has 1 aliphatic rings. The van der Waals surface area contributed by atoms with E-state index in [-0.39, 0.29) is 16.6 Å². The van der Waals surface area contributed by atoms with E-state index >= 15 is 0 Å². The molecule has 2 rings (SSSR count). The van der Waals surface area contributed by atoms with Crippen molar-refractivity contribution < 1.29 is 5.21 Å². The summed E-state index contributed by atoms with van der Waals surface area (Å²) in [4.78, 5) is 0.558. The Morgan fingerprint density at radius 3 is 2.88 bits per heavy atom. The van der Waals surface area contributed by atoms with Crippen molar-refractivity contribution in [2.24, 2.45) is 5.73 Å². The van der Waals surface area contributed by atoms with Gasteiger partial charge in [-0.15, -0.1) is 5.10 Å². The molecule has 1 unspecified atom stereocenters. The normalized spacial score (nSPS) is 24.8. The second-order valence-corrected chi connectivity index (χ2v) is 5.78. The summed E-state index contributed by atoms with van der Waals surface area (Å²) in [7, 11) is 0. The van der Waals surface area contributed by atoms with Crippen molar-refractivity contribution in [1.29, 1.82) is 5.41 Å². The fourth-order valence-corrected chi connectivity index (χ4v) is 3.22. The number of nitrogens with zero attached hydrogens (tertiary/aromatic N) is 3. The quantitative estimate of drug-likeness (QED) is 0.348. The van der Waals surface area contributed by atoms with Crippen LogP contribution in [0, 0.1) is 5.41 Å². The lowest BCUT2D eigenvalue weighted by molar-refractivity contribution is -0.0435. The molecule has 1 fully saturated rings. The first-order chi connectivity index (χ1) is 7.42. The summed E-state index contributed by atoms with van der Waals surface area (Å²) in [5, 5.41) is 20.7. The van der Waals surface area contributed by atoms with Crippen LogP contribution in [-0.2, 0) is 0 Å². The molecule has 0 spiro atoms. The second-order valence-electron chi connectivity index (χ2n) is 3.99. The van der Waals surface area contributed by atoms with Gasteiger partial charge >= 0.3 is 0 Å². The van der Waals surface area contributed by atoms with Gasteiger partial charge in [0.2, 0.25) is 0 Å². The predicted molar refractivity (Wildman–Crippen MR) is 62.1 cm³/mol. The van der Waals surface area contributed by atoms with Gasteiger partial charge in [0.1, 0.15) is 16.4 Å². The van der Waals surface area contributed by atoms with Crippen molar-refractivity contribution in [2.75, 3.05) is 0 Å². The third-order valence-corrected chi connectivity index (χ3v) is 4.34. The summed E-state index contributed by atoms with van der Waals surface area (Å²) in [6.45, 7) is 3.87. The molecule has 0 aromatic carbocycles. The van der Waals surface area contributed by atoms with Crippen LogP contribution in [0.3, 0.4) is 0 Å². The number of nitrogens with one attached hydrogen (secondary N) is 2. The number of hydrogen-bond donors (Lipinski definition) is 4. The molecule has 88 valence electrons. The monoisotopic (exact) mass is 260 g/mol. The maximum Gasteiger partial charge on any atom is 0.136 e. The zero-order valence-electron chi connectivity index (χ0n) is 8.76. The lowest BCUT2D eigenvalue weighted by atomic mass is 9.98. The zero-order valence-corrected chi connectivity index (χ0v) is 10.4. The molecule has 0 aliphatic carbocycles. The number of nitrogens with two attached hydrogens (primary N) is 1. The van der Waals surface area contributed by atoms with E-state index in [1.165, 1.54) is 11.9 Å². The summed E-state index contributed by atoms with van der Waals surface area (Å²) >= 11 is 2.29. The van der Waals surface area contributed by atoms with E-state index < -0.39 is 0 Å². The number of hydrazine groups is 1. The highest BCUT2D eigenvalue weighted by molar-refractivity contribution is 7.97. The van der Waals surface area contributed by atoms with Gasteiger partial charge in [0.25, 0.3) is 0 Å². The number of hydrogen-bond acceptors (Lipinski definition) is 8. The Morgan fingerprint density at radius 2 is 2.38 bits per heavy atom. The van der Waals surface area contributed by atoms with E-state index in [2.05, 4.69) is 15.0 Å². The Balaban J connectivity index is 2.37. The van der Waals surface area contributed by atoms with Crippen molar-refractivity contribution in [3.63, 3.8) is 0 Å². The van der Waals surface area contributed by atoms with Crippen molar-refractivity contribution >= 4 is 29.3 Å². The van der Waals surface area contributed by atoms with Gasteiger partial charge < -0.3 is 5.73 Å². The Kier molecular flexibility index (Phi) is 2.88. The number of amidine groups is 1. The second kappa shape index (κ2) is 3.93. The first kappa shape index (κ1) is 11.7. The summed E-state index contributed by atoms with van der Waals surface area (Å²) in [5.41, 5.74) is 8.59. The third-order valence-electron chi connectivity index (χ3n) is 2.25. The van der Waals surface area contributed by atoms with E-state index in [1.54, 1.807) is 0 Å². The van der Waals surface area contributed by atoms with Gasteiger partial charge in [-0.1, -0.05) is 9.07 Å². The van der Waals surface area contributed by atoms with Gasteiger partial charge in [-0.25, -0.2) is 5.43 Å². The van der Waals surface area contributed by atoms with Gasteiger partial charge in [0, 0.05) is 5.54 Å². The van der Waals surface area contributed by atoms with E-state index in [9.17, 15) is 5.21 Å². The van der Waals surface area contributed by atoms with Crippen LogP contribution in [-0.4, -0.2) is 30.7 Å². The van der Waals surface area contributed by atoms with E-state index in [4.69, 9.17) is 11.1 Å². The molecule has 1 aromatic rings. The predicted octanol–water partition coefficient (Wildman–Crippen LogP) is 0.499. The first-order valence-electron chi connectivity index (χ1n) is 4.52. The van der Waals surface area contributed by atoms with E-state index in [1.807, 2.05) is 13.8 Å². The fourth-order valence-electron chi connectivity index (χ4n) is 1.51. The molecule has 7 nitrogen and oxygen atoms in total. The third kappa shape index (κ3) is 1.92. The molecule has 1 saturated heterocycles. The maximum absolute atomic E-state index is 9.42. The highest BCUT2D eigenvalue weighted by Crippen LogP contribution is 2.45. The van der Waals surface area contributed by atoms with Crippen LogP contribution >= 0.6 is 23.5 Å². The van der Waals surface area contributed by atoms with Crippen LogP contribution in [0.15, 0.2) is 0 Å². The maximum atomic E-state index is 9.42. The van der Waals surface area contributed by atoms with Crippen molar-refractivity contribution in [1.82, 2.24) is 19.6 Å². The summed E-state index contributed by atoms with van der Waals surface area (Å²) in [6.07, 6.45) is 0. The van der Waals surface area contributed by atoms with Crippen LogP contribution in [0.1, 0.15) is 29.7 Å². The summed E-state index contributed by atoms with van der Waals surface area (Å²) in [5.74, 6) is -0.0437. The van der Waals surface area contributed by atoms with E-state index in [0.717, 1.165) is 16.1 Å². The number of nitrogen functional groups attached to an aromatic ring is 1. The van der Waals surface area contributed by atoms with Crippen LogP contribution in [0.4, 0.5) is 0 Å². The average molecular weight is 260 g/mol. The molecule has 9 heteroatoms. The SMILES string of the molecule is CC1(C)NN(O)SC1c1nnsc1C(=N)N. The highest BCUT2D eigenvalue weighted by atomic mass is 32.2. The minimum absolute atomic E-state index is 0.0437. The standard InChI is InChI=1S/C7H12N6OS2/c1-7(2)5(16-13(14)11-7)3-4(6(8)9)15-12-10-3/h5,11,14H,1-2H3,(H3,8,9). The minimum atomic E-state index is -0.376. The molecular formula is C7H12N6OS2.